The number of nitrogens with one attached hydrogen (secondary N) is 2. The molecule has 0 spiro atoms. The van der Waals surface area contributed by atoms with Crippen LogP contribution in [0.25, 0.3) is 0 Å². The van der Waals surface area contributed by atoms with Crippen LogP contribution >= 0.6 is 0 Å². The molecule has 0 amide bonds. The summed E-state index contributed by atoms with van der Waals surface area (Å²) in [4.78, 5) is 0. The molecule has 3 atom stereocenters. The van der Waals surface area contributed by atoms with Gasteiger partial charge in [-0.15, -0.1) is 0 Å². The fourth-order valence-corrected chi connectivity index (χ4v) is 1.88. The topological polar surface area (TPSA) is 24.1 Å². The van der Waals surface area contributed by atoms with Crippen LogP contribution in [0.2, 0.25) is 0 Å². The Morgan fingerprint density at radius 3 is 2.33 bits per heavy atom. The van der Waals surface area contributed by atoms with Crippen molar-refractivity contribution in [2.45, 2.75) is 52.2 Å². The molecular weight excluding hydrogens is 191 g/mol. The summed E-state index contributed by atoms with van der Waals surface area (Å²) in [6.45, 7) is 7.83. The molecule has 0 aliphatic heterocycles. The Morgan fingerprint density at radius 2 is 1.93 bits per heavy atom. The van der Waals surface area contributed by atoms with Gasteiger partial charge in [0.1, 0.15) is 6.17 Å². The molecule has 15 heavy (non-hydrogen) atoms. The molecule has 2 nitrogen and oxygen atoms in total. The van der Waals surface area contributed by atoms with Crippen LogP contribution in [0.15, 0.2) is 0 Å². The van der Waals surface area contributed by atoms with Crippen molar-refractivity contribution in [1.82, 2.24) is 10.6 Å². The van der Waals surface area contributed by atoms with Crippen molar-refractivity contribution in [2.24, 2.45) is 5.92 Å². The monoisotopic (exact) mass is 218 g/mol. The molecule has 0 aliphatic carbocycles. The van der Waals surface area contributed by atoms with Crippen molar-refractivity contribution in [1.29, 1.82) is 0 Å². The molecule has 2 N–H and O–H groups in total. The first kappa shape index (κ1) is 14.8. The highest BCUT2D eigenvalue weighted by Crippen LogP contribution is 2.18. The van der Waals surface area contributed by atoms with E-state index in [9.17, 15) is 4.39 Å². The summed E-state index contributed by atoms with van der Waals surface area (Å²) in [5, 5.41) is 6.62. The Hall–Kier alpha value is -0.150. The Kier molecular flexibility index (Phi) is 9.01. The number of hydrogen-bond acceptors (Lipinski definition) is 2. The minimum absolute atomic E-state index is 0.188. The van der Waals surface area contributed by atoms with Gasteiger partial charge in [0.05, 0.1) is 0 Å². The van der Waals surface area contributed by atoms with Gasteiger partial charge in [-0.3, -0.25) is 0 Å². The summed E-state index contributed by atoms with van der Waals surface area (Å²) in [6, 6.07) is 0.401. The largest absolute Gasteiger partial charge is 0.318 e. The molecule has 0 heterocycles. The molecule has 3 unspecified atom stereocenters. The van der Waals surface area contributed by atoms with Gasteiger partial charge in [-0.05, 0) is 39.3 Å². The van der Waals surface area contributed by atoms with Gasteiger partial charge in [-0.25, -0.2) is 4.39 Å². The second-order valence-corrected chi connectivity index (χ2v) is 4.29. The molecule has 0 aromatic rings. The smallest absolute Gasteiger partial charge is 0.100 e. The summed E-state index contributed by atoms with van der Waals surface area (Å²) < 4.78 is 13.2. The quantitative estimate of drug-likeness (QED) is 0.621. The fraction of sp³-hybridized carbons (Fsp3) is 1.00. The van der Waals surface area contributed by atoms with E-state index in [0.717, 1.165) is 32.4 Å². The number of halogens is 1. The lowest BCUT2D eigenvalue weighted by atomic mass is 9.93. The maximum atomic E-state index is 13.2. The summed E-state index contributed by atoms with van der Waals surface area (Å²) in [5.41, 5.74) is 0. The Balaban J connectivity index is 3.99. The Bertz CT molecular complexity index is 140. The molecule has 0 aromatic heterocycles. The van der Waals surface area contributed by atoms with Crippen LogP contribution in [0, 0.1) is 5.92 Å². The molecule has 0 bridgehead atoms. The third-order valence-electron chi connectivity index (χ3n) is 2.89. The van der Waals surface area contributed by atoms with Crippen LogP contribution in [0.1, 0.15) is 40.0 Å². The lowest BCUT2D eigenvalue weighted by Gasteiger charge is -2.24. The van der Waals surface area contributed by atoms with E-state index in [1.807, 2.05) is 7.05 Å². The number of rotatable bonds is 9. The highest BCUT2D eigenvalue weighted by molar-refractivity contribution is 4.75. The molecule has 0 fully saturated rings. The third kappa shape index (κ3) is 6.85. The van der Waals surface area contributed by atoms with E-state index in [2.05, 4.69) is 24.5 Å². The Morgan fingerprint density at radius 1 is 1.27 bits per heavy atom. The molecule has 0 aromatic carbocycles. The van der Waals surface area contributed by atoms with Gasteiger partial charge in [0.2, 0.25) is 0 Å². The van der Waals surface area contributed by atoms with Crippen molar-refractivity contribution in [2.75, 3.05) is 20.1 Å². The van der Waals surface area contributed by atoms with Crippen LogP contribution in [0.3, 0.4) is 0 Å². The van der Waals surface area contributed by atoms with Gasteiger partial charge in [0.15, 0.2) is 0 Å². The van der Waals surface area contributed by atoms with Crippen molar-refractivity contribution in [3.05, 3.63) is 0 Å². The fourth-order valence-electron chi connectivity index (χ4n) is 1.88. The van der Waals surface area contributed by atoms with Crippen LogP contribution < -0.4 is 10.6 Å². The van der Waals surface area contributed by atoms with E-state index in [-0.39, 0.29) is 5.92 Å². The maximum Gasteiger partial charge on any atom is 0.100 e. The SMILES string of the molecule is CCCNC(CNC)CC(CC)C(C)F. The zero-order valence-corrected chi connectivity index (χ0v) is 10.6. The van der Waals surface area contributed by atoms with Crippen molar-refractivity contribution < 1.29 is 4.39 Å². The van der Waals surface area contributed by atoms with Gasteiger partial charge < -0.3 is 10.6 Å². The summed E-state index contributed by atoms with van der Waals surface area (Å²) >= 11 is 0. The molecule has 0 radical (unpaired) electrons. The zero-order valence-electron chi connectivity index (χ0n) is 10.6. The second kappa shape index (κ2) is 9.10. The Labute approximate surface area is 94.0 Å². The number of alkyl halides is 1. The highest BCUT2D eigenvalue weighted by atomic mass is 19.1. The number of hydrogen-bond donors (Lipinski definition) is 2. The second-order valence-electron chi connectivity index (χ2n) is 4.29. The molecule has 92 valence electrons. The predicted molar refractivity (Wildman–Crippen MR) is 65.0 cm³/mol. The third-order valence-corrected chi connectivity index (χ3v) is 2.89. The summed E-state index contributed by atoms with van der Waals surface area (Å²) in [6.07, 6.45) is 2.28. The lowest BCUT2D eigenvalue weighted by Crippen LogP contribution is -2.40. The first-order valence-electron chi connectivity index (χ1n) is 6.17. The molecular formula is C12H27FN2. The summed E-state index contributed by atoms with van der Waals surface area (Å²) in [5.74, 6) is 0.188. The van der Waals surface area contributed by atoms with E-state index >= 15 is 0 Å². The first-order chi connectivity index (χ1) is 7.15. The molecule has 3 heteroatoms. The standard InChI is InChI=1S/C12H27FN2/c1-5-7-15-12(9-14-4)8-11(6-2)10(3)13/h10-12,14-15H,5-9H2,1-4H3. The van der Waals surface area contributed by atoms with Gasteiger partial charge >= 0.3 is 0 Å². The van der Waals surface area contributed by atoms with Crippen LogP contribution in [0.4, 0.5) is 4.39 Å². The van der Waals surface area contributed by atoms with Crippen LogP contribution in [-0.2, 0) is 0 Å². The van der Waals surface area contributed by atoms with Crippen molar-refractivity contribution in [3.63, 3.8) is 0 Å². The van der Waals surface area contributed by atoms with E-state index < -0.39 is 6.17 Å². The van der Waals surface area contributed by atoms with Crippen molar-refractivity contribution in [3.8, 4) is 0 Å². The van der Waals surface area contributed by atoms with Gasteiger partial charge in [0, 0.05) is 12.6 Å². The molecule has 0 rings (SSSR count). The van der Waals surface area contributed by atoms with Gasteiger partial charge in [0.25, 0.3) is 0 Å². The highest BCUT2D eigenvalue weighted by Gasteiger charge is 2.19. The normalized spacial score (nSPS) is 17.4. The summed E-state index contributed by atoms with van der Waals surface area (Å²) in [7, 11) is 1.94. The molecule has 0 saturated carbocycles. The van der Waals surface area contributed by atoms with E-state index in [0.29, 0.717) is 6.04 Å². The molecule has 0 aliphatic rings. The van der Waals surface area contributed by atoms with Crippen LogP contribution in [-0.4, -0.2) is 32.4 Å². The van der Waals surface area contributed by atoms with Crippen molar-refractivity contribution >= 4 is 0 Å². The van der Waals surface area contributed by atoms with Gasteiger partial charge in [-0.2, -0.15) is 0 Å². The minimum atomic E-state index is -0.696. The maximum absolute atomic E-state index is 13.2. The van der Waals surface area contributed by atoms with E-state index in [1.54, 1.807) is 6.92 Å². The molecule has 0 saturated heterocycles. The minimum Gasteiger partial charge on any atom is -0.318 e. The van der Waals surface area contributed by atoms with Gasteiger partial charge in [-0.1, -0.05) is 20.3 Å². The zero-order chi connectivity index (χ0) is 11.7. The van der Waals surface area contributed by atoms with E-state index in [4.69, 9.17) is 0 Å². The lowest BCUT2D eigenvalue weighted by molar-refractivity contribution is 0.211. The average molecular weight is 218 g/mol. The average Bonchev–Trinajstić information content (AvgIpc) is 2.21. The first-order valence-corrected chi connectivity index (χ1v) is 6.17. The number of likely N-dealkylation sites (N-methyl/N-ethyl adjacent to an activating group) is 1. The van der Waals surface area contributed by atoms with Crippen LogP contribution in [0.5, 0.6) is 0 Å². The van der Waals surface area contributed by atoms with E-state index in [1.165, 1.54) is 0 Å². The predicted octanol–water partition coefficient (Wildman–Crippen LogP) is 2.35.